The van der Waals surface area contributed by atoms with Gasteiger partial charge in [0.25, 0.3) is 5.91 Å². The molecular formula is C18H22N2O3. The van der Waals surface area contributed by atoms with Gasteiger partial charge in [-0.3, -0.25) is 9.78 Å². The normalized spacial score (nSPS) is 12.2. The number of ether oxygens (including phenoxy) is 1. The van der Waals surface area contributed by atoms with Crippen molar-refractivity contribution >= 4 is 22.8 Å². The lowest BCUT2D eigenvalue weighted by Crippen LogP contribution is -2.42. The summed E-state index contributed by atoms with van der Waals surface area (Å²) in [6.45, 7) is 6.03. The molecule has 0 fully saturated rings. The van der Waals surface area contributed by atoms with Gasteiger partial charge in [0, 0.05) is 11.6 Å². The number of amides is 1. The first-order chi connectivity index (χ1) is 11.0. The molecule has 23 heavy (non-hydrogen) atoms. The minimum atomic E-state index is -0.645. The monoisotopic (exact) mass is 314 g/mol. The van der Waals surface area contributed by atoms with Crippen molar-refractivity contribution in [1.29, 1.82) is 0 Å². The molecule has 1 aromatic carbocycles. The number of para-hydroxylation sites is 1. The van der Waals surface area contributed by atoms with Gasteiger partial charge in [-0.25, -0.2) is 4.79 Å². The number of fused-ring (bicyclic) bond motifs is 1. The molecule has 0 bridgehead atoms. The summed E-state index contributed by atoms with van der Waals surface area (Å²) in [6, 6.07) is 8.71. The lowest BCUT2D eigenvalue weighted by atomic mass is 10.0. The number of carbonyl (C=O) groups is 2. The fourth-order valence-electron chi connectivity index (χ4n) is 2.37. The zero-order valence-corrected chi connectivity index (χ0v) is 13.7. The molecule has 0 spiro atoms. The van der Waals surface area contributed by atoms with Crippen LogP contribution in [0, 0.1) is 5.92 Å². The van der Waals surface area contributed by atoms with Gasteiger partial charge in [0.2, 0.25) is 0 Å². The lowest BCUT2D eigenvalue weighted by molar-refractivity contribution is -0.145. The van der Waals surface area contributed by atoms with Gasteiger partial charge in [-0.05, 0) is 31.4 Å². The third-order valence-electron chi connectivity index (χ3n) is 3.44. The summed E-state index contributed by atoms with van der Waals surface area (Å²) in [5.41, 5.74) is 1.26. The molecule has 1 atom stereocenters. The summed E-state index contributed by atoms with van der Waals surface area (Å²) >= 11 is 0. The Hall–Kier alpha value is -2.43. The summed E-state index contributed by atoms with van der Waals surface area (Å²) in [6.07, 6.45) is 2.06. The van der Waals surface area contributed by atoms with Crippen molar-refractivity contribution in [3.63, 3.8) is 0 Å². The maximum absolute atomic E-state index is 12.4. The molecule has 0 aliphatic heterocycles. The molecular weight excluding hydrogens is 292 g/mol. The highest BCUT2D eigenvalue weighted by atomic mass is 16.5. The Morgan fingerprint density at radius 1 is 1.26 bits per heavy atom. The topological polar surface area (TPSA) is 68.3 Å². The Kier molecular flexibility index (Phi) is 5.68. The van der Waals surface area contributed by atoms with E-state index in [0.29, 0.717) is 18.6 Å². The zero-order valence-electron chi connectivity index (χ0n) is 13.7. The summed E-state index contributed by atoms with van der Waals surface area (Å²) in [5.74, 6) is -0.454. The van der Waals surface area contributed by atoms with Crippen LogP contribution in [0.3, 0.4) is 0 Å². The molecule has 2 aromatic rings. The zero-order chi connectivity index (χ0) is 16.8. The van der Waals surface area contributed by atoms with Crippen molar-refractivity contribution in [3.8, 4) is 0 Å². The van der Waals surface area contributed by atoms with Gasteiger partial charge in [-0.2, -0.15) is 0 Å². The molecule has 5 nitrogen and oxygen atoms in total. The van der Waals surface area contributed by atoms with Crippen LogP contribution in [0.1, 0.15) is 37.6 Å². The molecule has 0 aliphatic carbocycles. The average molecular weight is 314 g/mol. The van der Waals surface area contributed by atoms with E-state index >= 15 is 0 Å². The molecule has 0 unspecified atom stereocenters. The Labute approximate surface area is 136 Å². The van der Waals surface area contributed by atoms with E-state index in [4.69, 9.17) is 4.74 Å². The molecule has 0 saturated carbocycles. The fourth-order valence-corrected chi connectivity index (χ4v) is 2.37. The highest BCUT2D eigenvalue weighted by Gasteiger charge is 2.23. The Balaban J connectivity index is 2.17. The van der Waals surface area contributed by atoms with Crippen LogP contribution in [0.15, 0.2) is 36.5 Å². The van der Waals surface area contributed by atoms with E-state index in [0.717, 1.165) is 10.9 Å². The molecule has 0 radical (unpaired) electrons. The number of pyridine rings is 1. The predicted octanol–water partition coefficient (Wildman–Crippen LogP) is 2.94. The molecule has 5 heteroatoms. The summed E-state index contributed by atoms with van der Waals surface area (Å²) in [7, 11) is 0. The lowest BCUT2D eigenvalue weighted by Gasteiger charge is -2.19. The number of hydrogen-bond donors (Lipinski definition) is 1. The first-order valence-corrected chi connectivity index (χ1v) is 7.83. The second kappa shape index (κ2) is 7.72. The Morgan fingerprint density at radius 2 is 2.00 bits per heavy atom. The van der Waals surface area contributed by atoms with Crippen LogP contribution >= 0.6 is 0 Å². The number of rotatable bonds is 6. The number of benzene rings is 1. The number of nitrogens with zero attached hydrogens (tertiary/aromatic N) is 1. The first kappa shape index (κ1) is 16.9. The fraction of sp³-hybridized carbons (Fsp3) is 0.389. The minimum absolute atomic E-state index is 0.263. The van der Waals surface area contributed by atoms with E-state index in [2.05, 4.69) is 10.3 Å². The van der Waals surface area contributed by atoms with Crippen molar-refractivity contribution in [2.24, 2.45) is 5.92 Å². The number of hydrogen-bond acceptors (Lipinski definition) is 4. The van der Waals surface area contributed by atoms with Gasteiger partial charge in [-0.15, -0.1) is 0 Å². The number of esters is 1. The highest BCUT2D eigenvalue weighted by molar-refractivity contribution is 5.99. The van der Waals surface area contributed by atoms with Gasteiger partial charge >= 0.3 is 5.97 Å². The number of aromatic nitrogens is 1. The maximum atomic E-state index is 12.4. The SMILES string of the molecule is CCOC(=O)[C@@H](CC(C)C)NC(=O)c1cnc2ccccc2c1. The second-order valence-corrected chi connectivity index (χ2v) is 5.82. The molecule has 1 heterocycles. The van der Waals surface area contributed by atoms with Gasteiger partial charge in [0.15, 0.2) is 0 Å². The van der Waals surface area contributed by atoms with E-state index in [-0.39, 0.29) is 11.8 Å². The van der Waals surface area contributed by atoms with Crippen LogP contribution in [0.5, 0.6) is 0 Å². The quantitative estimate of drug-likeness (QED) is 0.832. The summed E-state index contributed by atoms with van der Waals surface area (Å²) in [4.78, 5) is 28.7. The predicted molar refractivity (Wildman–Crippen MR) is 89.1 cm³/mol. The van der Waals surface area contributed by atoms with Gasteiger partial charge in [0.05, 0.1) is 17.7 Å². The van der Waals surface area contributed by atoms with E-state index in [1.54, 1.807) is 13.0 Å². The van der Waals surface area contributed by atoms with Gasteiger partial charge < -0.3 is 10.1 Å². The van der Waals surface area contributed by atoms with Crippen molar-refractivity contribution in [2.45, 2.75) is 33.2 Å². The number of carbonyl (C=O) groups excluding carboxylic acids is 2. The molecule has 0 aliphatic rings. The third kappa shape index (κ3) is 4.52. The smallest absolute Gasteiger partial charge is 0.328 e. The van der Waals surface area contributed by atoms with Crippen LogP contribution < -0.4 is 5.32 Å². The second-order valence-electron chi connectivity index (χ2n) is 5.82. The molecule has 1 aromatic heterocycles. The van der Waals surface area contributed by atoms with E-state index in [9.17, 15) is 9.59 Å². The Morgan fingerprint density at radius 3 is 2.70 bits per heavy atom. The van der Waals surface area contributed by atoms with Gasteiger partial charge in [0.1, 0.15) is 6.04 Å². The first-order valence-electron chi connectivity index (χ1n) is 7.83. The average Bonchev–Trinajstić information content (AvgIpc) is 2.53. The van der Waals surface area contributed by atoms with Crippen LogP contribution in [0.25, 0.3) is 10.9 Å². The van der Waals surface area contributed by atoms with Crippen LogP contribution in [0.4, 0.5) is 0 Å². The molecule has 1 amide bonds. The van der Waals surface area contributed by atoms with Crippen molar-refractivity contribution < 1.29 is 14.3 Å². The summed E-state index contributed by atoms with van der Waals surface area (Å²) in [5, 5.41) is 3.65. The van der Waals surface area contributed by atoms with Crippen molar-refractivity contribution in [3.05, 3.63) is 42.1 Å². The molecule has 2 rings (SSSR count). The maximum Gasteiger partial charge on any atom is 0.328 e. The van der Waals surface area contributed by atoms with Crippen LogP contribution in [0.2, 0.25) is 0 Å². The van der Waals surface area contributed by atoms with E-state index in [1.807, 2.05) is 38.1 Å². The minimum Gasteiger partial charge on any atom is -0.464 e. The number of nitrogens with one attached hydrogen (secondary N) is 1. The third-order valence-corrected chi connectivity index (χ3v) is 3.44. The van der Waals surface area contributed by atoms with Crippen molar-refractivity contribution in [1.82, 2.24) is 10.3 Å². The highest BCUT2D eigenvalue weighted by Crippen LogP contribution is 2.13. The van der Waals surface area contributed by atoms with Crippen molar-refractivity contribution in [2.75, 3.05) is 6.61 Å². The molecule has 0 saturated heterocycles. The molecule has 122 valence electrons. The molecule has 1 N–H and O–H groups in total. The summed E-state index contributed by atoms with van der Waals surface area (Å²) < 4.78 is 5.04. The van der Waals surface area contributed by atoms with Gasteiger partial charge in [-0.1, -0.05) is 32.0 Å². The van der Waals surface area contributed by atoms with E-state index < -0.39 is 12.0 Å². The van der Waals surface area contributed by atoms with Crippen LogP contribution in [-0.4, -0.2) is 29.5 Å². The largest absolute Gasteiger partial charge is 0.464 e. The van der Waals surface area contributed by atoms with E-state index in [1.165, 1.54) is 6.20 Å². The Bertz CT molecular complexity index is 697. The van der Waals surface area contributed by atoms with Crippen LogP contribution in [-0.2, 0) is 9.53 Å². The standard InChI is InChI=1S/C18H22N2O3/c1-4-23-18(22)16(9-12(2)3)20-17(21)14-10-13-7-5-6-8-15(13)19-11-14/h5-8,10-12,16H,4,9H2,1-3H3,(H,20,21)/t16-/m1/s1.